The maximum Gasteiger partial charge on any atom is 0.262 e. The van der Waals surface area contributed by atoms with E-state index in [9.17, 15) is 14.3 Å². The second-order valence-corrected chi connectivity index (χ2v) is 3.31. The van der Waals surface area contributed by atoms with Crippen molar-refractivity contribution in [2.45, 2.75) is 12.0 Å². The Bertz CT molecular complexity index is 481. The van der Waals surface area contributed by atoms with Crippen molar-refractivity contribution in [1.82, 2.24) is 0 Å². The molecule has 1 aromatic carbocycles. The molecule has 0 bridgehead atoms. The Labute approximate surface area is 84.9 Å². The van der Waals surface area contributed by atoms with E-state index in [0.29, 0.717) is 0 Å². The minimum absolute atomic E-state index is 0.0414. The molecule has 5 heteroatoms. The molecule has 0 radical (unpaired) electrons. The molecule has 0 aromatic heterocycles. The first-order valence-corrected chi connectivity index (χ1v) is 4.29. The molecule has 2 rings (SSSR count). The summed E-state index contributed by atoms with van der Waals surface area (Å²) in [5.74, 6) is -1.38. The summed E-state index contributed by atoms with van der Waals surface area (Å²) in [5.41, 5.74) is -1.85. The molecule has 1 atom stereocenters. The number of rotatable bonds is 1. The molecule has 4 nitrogen and oxygen atoms in total. The van der Waals surface area contributed by atoms with Gasteiger partial charge in [-0.3, -0.25) is 4.79 Å². The van der Waals surface area contributed by atoms with Crippen LogP contribution in [0.4, 0.5) is 10.1 Å². The molecule has 0 fully saturated rings. The fraction of sp³-hybridized carbons (Fsp3) is 0.200. The van der Waals surface area contributed by atoms with Gasteiger partial charge in [-0.15, -0.1) is 0 Å². The van der Waals surface area contributed by atoms with E-state index in [2.05, 4.69) is 5.32 Å². The van der Waals surface area contributed by atoms with Gasteiger partial charge in [-0.25, -0.2) is 4.39 Å². The summed E-state index contributed by atoms with van der Waals surface area (Å²) in [6, 6.07) is 5.70. The van der Waals surface area contributed by atoms with E-state index < -0.39 is 23.7 Å². The third-order valence-electron chi connectivity index (χ3n) is 2.41. The van der Waals surface area contributed by atoms with Crippen molar-refractivity contribution in [1.29, 1.82) is 5.26 Å². The predicted molar refractivity (Wildman–Crippen MR) is 49.2 cm³/mol. The molecule has 0 saturated carbocycles. The lowest BCUT2D eigenvalue weighted by Gasteiger charge is -2.16. The number of benzene rings is 1. The van der Waals surface area contributed by atoms with Gasteiger partial charge in [0.1, 0.15) is 5.82 Å². The summed E-state index contributed by atoms with van der Waals surface area (Å²) in [5, 5.41) is 20.7. The van der Waals surface area contributed by atoms with Crippen LogP contribution >= 0.6 is 0 Å². The van der Waals surface area contributed by atoms with Gasteiger partial charge in [0, 0.05) is 5.56 Å². The number of amides is 1. The maximum absolute atomic E-state index is 13.2. The molecule has 0 aliphatic carbocycles. The second kappa shape index (κ2) is 3.04. The highest BCUT2D eigenvalue weighted by atomic mass is 19.1. The zero-order valence-electron chi connectivity index (χ0n) is 7.62. The van der Waals surface area contributed by atoms with Crippen molar-refractivity contribution in [2.75, 3.05) is 5.32 Å². The summed E-state index contributed by atoms with van der Waals surface area (Å²) in [4.78, 5) is 11.4. The van der Waals surface area contributed by atoms with E-state index in [1.165, 1.54) is 18.2 Å². The van der Waals surface area contributed by atoms with Crippen molar-refractivity contribution >= 4 is 11.6 Å². The van der Waals surface area contributed by atoms with Crippen LogP contribution in [0, 0.1) is 17.1 Å². The molecule has 1 amide bonds. The molecule has 0 saturated heterocycles. The summed E-state index contributed by atoms with van der Waals surface area (Å²) in [6.45, 7) is 0. The fourth-order valence-electron chi connectivity index (χ4n) is 1.62. The first-order valence-electron chi connectivity index (χ1n) is 4.29. The number of hydrogen-bond acceptors (Lipinski definition) is 3. The van der Waals surface area contributed by atoms with Gasteiger partial charge in [-0.1, -0.05) is 12.1 Å². The standard InChI is InChI=1S/C10H7FN2O2/c11-7-3-1-2-6-8(7)13-9(14)10(6,15)4-5-12/h1-3,15H,4H2,(H,13,14). The van der Waals surface area contributed by atoms with Gasteiger partial charge in [0.15, 0.2) is 5.60 Å². The van der Waals surface area contributed by atoms with Crippen molar-refractivity contribution in [3.63, 3.8) is 0 Å². The zero-order chi connectivity index (χ0) is 11.1. The van der Waals surface area contributed by atoms with Crippen LogP contribution < -0.4 is 5.32 Å². The highest BCUT2D eigenvalue weighted by Crippen LogP contribution is 2.39. The van der Waals surface area contributed by atoms with Crippen molar-refractivity contribution in [3.05, 3.63) is 29.6 Å². The number of halogens is 1. The van der Waals surface area contributed by atoms with Crippen molar-refractivity contribution in [2.24, 2.45) is 0 Å². The van der Waals surface area contributed by atoms with E-state index in [1.54, 1.807) is 6.07 Å². The Morgan fingerprint density at radius 3 is 3.00 bits per heavy atom. The average molecular weight is 206 g/mol. The van der Waals surface area contributed by atoms with E-state index in [0.717, 1.165) is 0 Å². The monoisotopic (exact) mass is 206 g/mol. The number of para-hydroxylation sites is 1. The van der Waals surface area contributed by atoms with Crippen LogP contribution in [0.2, 0.25) is 0 Å². The smallest absolute Gasteiger partial charge is 0.262 e. The van der Waals surface area contributed by atoms with Gasteiger partial charge in [0.25, 0.3) is 5.91 Å². The Kier molecular flexibility index (Phi) is 1.95. The molecule has 76 valence electrons. The van der Waals surface area contributed by atoms with Crippen molar-refractivity contribution in [3.8, 4) is 6.07 Å². The van der Waals surface area contributed by atoms with E-state index in [-0.39, 0.29) is 11.3 Å². The molecule has 0 spiro atoms. The Morgan fingerprint density at radius 1 is 1.60 bits per heavy atom. The SMILES string of the molecule is N#CCC1(O)C(=O)Nc2c(F)cccc21. The Morgan fingerprint density at radius 2 is 2.33 bits per heavy atom. The number of hydrogen-bond donors (Lipinski definition) is 2. The summed E-state index contributed by atoms with van der Waals surface area (Å²) < 4.78 is 13.2. The number of nitriles is 1. The largest absolute Gasteiger partial charge is 0.374 e. The molecule has 1 unspecified atom stereocenters. The van der Waals surface area contributed by atoms with Crippen LogP contribution in [0.3, 0.4) is 0 Å². The molecular formula is C10H7FN2O2. The molecule has 1 aromatic rings. The van der Waals surface area contributed by atoms with Gasteiger partial charge in [0.05, 0.1) is 18.2 Å². The van der Waals surface area contributed by atoms with Crippen LogP contribution in [0.5, 0.6) is 0 Å². The van der Waals surface area contributed by atoms with E-state index in [4.69, 9.17) is 5.26 Å². The fourth-order valence-corrected chi connectivity index (χ4v) is 1.62. The minimum atomic E-state index is -1.92. The molecule has 2 N–H and O–H groups in total. The van der Waals surface area contributed by atoms with E-state index in [1.807, 2.05) is 0 Å². The average Bonchev–Trinajstić information content (AvgIpc) is 2.44. The summed E-state index contributed by atoms with van der Waals surface area (Å²) >= 11 is 0. The quantitative estimate of drug-likeness (QED) is 0.716. The van der Waals surface area contributed by atoms with Gasteiger partial charge in [0.2, 0.25) is 0 Å². The molecule has 1 aliphatic rings. The van der Waals surface area contributed by atoms with Gasteiger partial charge < -0.3 is 10.4 Å². The Balaban J connectivity index is 2.61. The van der Waals surface area contributed by atoms with Gasteiger partial charge in [-0.2, -0.15) is 5.26 Å². The van der Waals surface area contributed by atoms with Gasteiger partial charge in [-0.05, 0) is 6.07 Å². The highest BCUT2D eigenvalue weighted by molar-refractivity contribution is 6.05. The number of aliphatic hydroxyl groups is 1. The van der Waals surface area contributed by atoms with Crippen molar-refractivity contribution < 1.29 is 14.3 Å². The third kappa shape index (κ3) is 1.19. The minimum Gasteiger partial charge on any atom is -0.374 e. The van der Waals surface area contributed by atoms with Crippen LogP contribution in [0.1, 0.15) is 12.0 Å². The normalized spacial score (nSPS) is 23.1. The maximum atomic E-state index is 13.2. The first-order chi connectivity index (χ1) is 7.09. The number of nitrogens with one attached hydrogen (secondary N) is 1. The Hall–Kier alpha value is -1.93. The second-order valence-electron chi connectivity index (χ2n) is 3.31. The number of anilines is 1. The first kappa shape index (κ1) is 9.62. The van der Waals surface area contributed by atoms with Crippen LogP contribution in [-0.2, 0) is 10.4 Å². The molecular weight excluding hydrogens is 199 g/mol. The third-order valence-corrected chi connectivity index (χ3v) is 2.41. The lowest BCUT2D eigenvalue weighted by molar-refractivity contribution is -0.133. The number of nitrogens with zero attached hydrogens (tertiary/aromatic N) is 1. The predicted octanol–water partition coefficient (Wildman–Crippen LogP) is 0.879. The zero-order valence-corrected chi connectivity index (χ0v) is 7.62. The summed E-state index contributed by atoms with van der Waals surface area (Å²) in [6.07, 6.45) is -0.394. The topological polar surface area (TPSA) is 73.1 Å². The van der Waals surface area contributed by atoms with Crippen LogP contribution in [-0.4, -0.2) is 11.0 Å². The lowest BCUT2D eigenvalue weighted by atomic mass is 9.92. The van der Waals surface area contributed by atoms with Gasteiger partial charge >= 0.3 is 0 Å². The lowest BCUT2D eigenvalue weighted by Crippen LogP contribution is -2.33. The summed E-state index contributed by atoms with van der Waals surface area (Å²) in [7, 11) is 0. The number of carbonyl (C=O) groups is 1. The molecule has 1 aliphatic heterocycles. The van der Waals surface area contributed by atoms with Crippen LogP contribution in [0.15, 0.2) is 18.2 Å². The van der Waals surface area contributed by atoms with E-state index >= 15 is 0 Å². The van der Waals surface area contributed by atoms with Crippen LogP contribution in [0.25, 0.3) is 0 Å². The molecule has 15 heavy (non-hydrogen) atoms. The highest BCUT2D eigenvalue weighted by Gasteiger charge is 2.46. The molecule has 1 heterocycles. The number of fused-ring (bicyclic) bond motifs is 1. The number of carbonyl (C=O) groups excluding carboxylic acids is 1.